The van der Waals surface area contributed by atoms with E-state index in [9.17, 15) is 9.13 Å². The van der Waals surface area contributed by atoms with Gasteiger partial charge in [-0.1, -0.05) is 6.42 Å². The van der Waals surface area contributed by atoms with E-state index < -0.39 is 26.8 Å². The molecular weight excluding hydrogens is 282 g/mol. The van der Waals surface area contributed by atoms with E-state index in [1.165, 1.54) is 0 Å². The van der Waals surface area contributed by atoms with Crippen LogP contribution < -0.4 is 5.73 Å². The van der Waals surface area contributed by atoms with Crippen LogP contribution in [0.5, 0.6) is 0 Å². The van der Waals surface area contributed by atoms with Gasteiger partial charge in [-0.05, 0) is 26.3 Å². The molecule has 0 saturated carbocycles. The largest absolute Gasteiger partial charge is 0.359 e. The first-order valence-corrected chi connectivity index (χ1v) is 8.86. The van der Waals surface area contributed by atoms with Crippen molar-refractivity contribution in [1.29, 1.82) is 0 Å². The highest BCUT2D eigenvalue weighted by Gasteiger charge is 2.58. The molecule has 1 fully saturated rings. The van der Waals surface area contributed by atoms with Gasteiger partial charge in [0.1, 0.15) is 0 Å². The summed E-state index contributed by atoms with van der Waals surface area (Å²) in [6, 6.07) is -0.000208. The quantitative estimate of drug-likeness (QED) is 0.450. The van der Waals surface area contributed by atoms with Crippen molar-refractivity contribution in [1.82, 2.24) is 4.90 Å². The van der Waals surface area contributed by atoms with Gasteiger partial charge in [0.25, 0.3) is 0 Å². The van der Waals surface area contributed by atoms with Crippen molar-refractivity contribution in [2.75, 3.05) is 13.1 Å². The fraction of sp³-hybridized carbons (Fsp3) is 1.00. The van der Waals surface area contributed by atoms with Crippen LogP contribution in [0, 0.1) is 0 Å². The second kappa shape index (κ2) is 5.31. The maximum absolute atomic E-state index is 11.3. The third-order valence-corrected chi connectivity index (χ3v) is 7.25. The lowest BCUT2D eigenvalue weighted by Gasteiger charge is -2.40. The fourth-order valence-electron chi connectivity index (χ4n) is 2.05. The number of hydrogen-bond acceptors (Lipinski definition) is 4. The van der Waals surface area contributed by atoms with E-state index in [1.54, 1.807) is 4.90 Å². The van der Waals surface area contributed by atoms with Crippen LogP contribution in [0.2, 0.25) is 0 Å². The molecule has 6 N–H and O–H groups in total. The number of rotatable bonds is 4. The van der Waals surface area contributed by atoms with Gasteiger partial charge in [-0.3, -0.25) is 14.0 Å². The van der Waals surface area contributed by atoms with Crippen LogP contribution in [0.3, 0.4) is 0 Å². The molecular formula is C8H20N2O6P2. The molecule has 0 radical (unpaired) electrons. The van der Waals surface area contributed by atoms with E-state index in [0.29, 0.717) is 6.54 Å². The van der Waals surface area contributed by atoms with Gasteiger partial charge in [0, 0.05) is 12.6 Å². The van der Waals surface area contributed by atoms with Gasteiger partial charge in [-0.25, -0.2) is 0 Å². The zero-order valence-corrected chi connectivity index (χ0v) is 11.9. The number of likely N-dealkylation sites (tertiary alicyclic amines) is 1. The van der Waals surface area contributed by atoms with Crippen molar-refractivity contribution in [2.24, 2.45) is 5.73 Å². The van der Waals surface area contributed by atoms with Gasteiger partial charge in [0.05, 0.1) is 0 Å². The van der Waals surface area contributed by atoms with E-state index in [-0.39, 0.29) is 6.04 Å². The molecule has 18 heavy (non-hydrogen) atoms. The summed E-state index contributed by atoms with van der Waals surface area (Å²) >= 11 is 0. The van der Waals surface area contributed by atoms with Crippen LogP contribution in [0.15, 0.2) is 0 Å². The van der Waals surface area contributed by atoms with E-state index in [1.807, 2.05) is 6.92 Å². The lowest BCUT2D eigenvalue weighted by Crippen LogP contribution is -2.53. The fourth-order valence-corrected chi connectivity index (χ4v) is 4.13. The molecule has 1 saturated heterocycles. The second-order valence-electron chi connectivity index (χ2n) is 4.78. The SMILES string of the molecule is CC1CCCCN1CC(N)(P(=O)(O)O)P(=O)(O)O. The van der Waals surface area contributed by atoms with E-state index in [4.69, 9.17) is 25.3 Å². The molecule has 0 aromatic heterocycles. The minimum atomic E-state index is -5.13. The Bertz CT molecular complexity index is 369. The third kappa shape index (κ3) is 3.21. The van der Waals surface area contributed by atoms with Crippen molar-refractivity contribution in [2.45, 2.75) is 37.2 Å². The number of nitrogens with zero attached hydrogens (tertiary/aromatic N) is 1. The summed E-state index contributed by atoms with van der Waals surface area (Å²) in [5.74, 6) is 0. The van der Waals surface area contributed by atoms with Gasteiger partial charge >= 0.3 is 15.2 Å². The molecule has 1 atom stereocenters. The smallest absolute Gasteiger partial charge is 0.323 e. The van der Waals surface area contributed by atoms with E-state index >= 15 is 0 Å². The molecule has 8 nitrogen and oxygen atoms in total. The molecule has 1 unspecified atom stereocenters. The monoisotopic (exact) mass is 302 g/mol. The molecule has 1 aliphatic heterocycles. The minimum Gasteiger partial charge on any atom is -0.323 e. The highest BCUT2D eigenvalue weighted by atomic mass is 31.2. The molecule has 108 valence electrons. The van der Waals surface area contributed by atoms with Crippen molar-refractivity contribution in [3.05, 3.63) is 0 Å². The number of piperidine rings is 1. The van der Waals surface area contributed by atoms with Crippen LogP contribution in [-0.2, 0) is 9.13 Å². The molecule has 0 aromatic carbocycles. The van der Waals surface area contributed by atoms with Crippen molar-refractivity contribution >= 4 is 15.2 Å². The van der Waals surface area contributed by atoms with E-state index in [2.05, 4.69) is 0 Å². The van der Waals surface area contributed by atoms with Crippen LogP contribution in [-0.4, -0.2) is 48.6 Å². The molecule has 0 amide bonds. The highest BCUT2D eigenvalue weighted by Crippen LogP contribution is 2.66. The average molecular weight is 302 g/mol. The molecule has 0 aliphatic carbocycles. The van der Waals surface area contributed by atoms with Crippen molar-refractivity contribution in [3.63, 3.8) is 0 Å². The summed E-state index contributed by atoms with van der Waals surface area (Å²) in [6.07, 6.45) is 2.63. The summed E-state index contributed by atoms with van der Waals surface area (Å²) in [5, 5.41) is -2.83. The van der Waals surface area contributed by atoms with E-state index in [0.717, 1.165) is 19.3 Å². The molecule has 10 heteroatoms. The summed E-state index contributed by atoms with van der Waals surface area (Å²) in [4.78, 5) is 38.3. The Morgan fingerprint density at radius 3 is 2.11 bits per heavy atom. The van der Waals surface area contributed by atoms with Gasteiger partial charge in [-0.2, -0.15) is 0 Å². The lowest BCUT2D eigenvalue weighted by molar-refractivity contribution is 0.143. The summed E-state index contributed by atoms with van der Waals surface area (Å²) in [7, 11) is -10.3. The van der Waals surface area contributed by atoms with Crippen molar-refractivity contribution < 1.29 is 28.7 Å². The first-order valence-electron chi connectivity index (χ1n) is 5.63. The number of hydrogen-bond donors (Lipinski definition) is 5. The van der Waals surface area contributed by atoms with Gasteiger partial charge in [0.2, 0.25) is 5.02 Å². The van der Waals surface area contributed by atoms with Gasteiger partial charge < -0.3 is 25.3 Å². The molecule has 0 aromatic rings. The lowest BCUT2D eigenvalue weighted by atomic mass is 10.0. The first kappa shape index (κ1) is 16.3. The van der Waals surface area contributed by atoms with Crippen LogP contribution in [0.4, 0.5) is 0 Å². The molecule has 0 bridgehead atoms. The third-order valence-electron chi connectivity index (χ3n) is 3.39. The second-order valence-corrected chi connectivity index (χ2v) is 8.91. The maximum Gasteiger partial charge on any atom is 0.359 e. The van der Waals surface area contributed by atoms with Crippen molar-refractivity contribution in [3.8, 4) is 0 Å². The van der Waals surface area contributed by atoms with Crippen LogP contribution in [0.25, 0.3) is 0 Å². The molecule has 1 aliphatic rings. The Labute approximate surface area is 105 Å². The predicted molar refractivity (Wildman–Crippen MR) is 65.9 cm³/mol. The van der Waals surface area contributed by atoms with Gasteiger partial charge in [-0.15, -0.1) is 0 Å². The van der Waals surface area contributed by atoms with Gasteiger partial charge in [0.15, 0.2) is 0 Å². The van der Waals surface area contributed by atoms with Crippen LogP contribution >= 0.6 is 15.2 Å². The predicted octanol–water partition coefficient (Wildman–Crippen LogP) is -0.171. The minimum absolute atomic E-state index is 0.000208. The topological polar surface area (TPSA) is 144 Å². The average Bonchev–Trinajstić information content (AvgIpc) is 2.18. The Kier molecular flexibility index (Phi) is 4.80. The molecule has 1 heterocycles. The zero-order chi connectivity index (χ0) is 14.2. The standard InChI is InChI=1S/C8H20N2O6P2/c1-7-4-2-3-5-10(7)6-8(9,17(11,12)13)18(14,15)16/h7H,2-6,9H2,1H3,(H2,11,12,13)(H2,14,15,16). The Balaban J connectivity index is 3.00. The Morgan fingerprint density at radius 2 is 1.72 bits per heavy atom. The normalized spacial score (nSPS) is 24.2. The van der Waals surface area contributed by atoms with Crippen LogP contribution in [0.1, 0.15) is 26.2 Å². The zero-order valence-electron chi connectivity index (χ0n) is 10.1. The number of nitrogens with two attached hydrogens (primary N) is 1. The Hall–Kier alpha value is 0.220. The highest BCUT2D eigenvalue weighted by molar-refractivity contribution is 7.72. The summed E-state index contributed by atoms with van der Waals surface area (Å²) in [5.41, 5.74) is 5.38. The summed E-state index contributed by atoms with van der Waals surface area (Å²) in [6.45, 7) is 1.86. The molecule has 0 spiro atoms. The maximum atomic E-state index is 11.3. The Morgan fingerprint density at radius 1 is 1.22 bits per heavy atom. The molecule has 1 rings (SSSR count). The first-order chi connectivity index (χ1) is 7.99. The summed E-state index contributed by atoms with van der Waals surface area (Å²) < 4.78 is 22.7.